The third-order valence-electron chi connectivity index (χ3n) is 3.08. The molecule has 0 unspecified atom stereocenters. The van der Waals surface area contributed by atoms with Crippen molar-refractivity contribution in [3.05, 3.63) is 33.8 Å². The summed E-state index contributed by atoms with van der Waals surface area (Å²) in [6.07, 6.45) is 2.19. The lowest BCUT2D eigenvalue weighted by atomic mass is 9.82. The van der Waals surface area contributed by atoms with Crippen molar-refractivity contribution in [3.8, 4) is 0 Å². The van der Waals surface area contributed by atoms with E-state index in [1.807, 2.05) is 0 Å². The van der Waals surface area contributed by atoms with Gasteiger partial charge in [-0.3, -0.25) is 0 Å². The fraction of sp³-hybridized carbons (Fsp3) is 0.500. The summed E-state index contributed by atoms with van der Waals surface area (Å²) in [6, 6.07) is 3.08. The fourth-order valence-corrected chi connectivity index (χ4v) is 2.42. The van der Waals surface area contributed by atoms with E-state index in [4.69, 9.17) is 0 Å². The number of nitrogens with one attached hydrogen (secondary N) is 1. The number of halogens is 3. The summed E-state index contributed by atoms with van der Waals surface area (Å²) in [5, 5.41) is 3.17. The highest BCUT2D eigenvalue weighted by Gasteiger charge is 2.25. The van der Waals surface area contributed by atoms with Crippen LogP contribution in [0.25, 0.3) is 0 Å². The van der Waals surface area contributed by atoms with Crippen LogP contribution in [0.4, 0.5) is 8.78 Å². The summed E-state index contributed by atoms with van der Waals surface area (Å²) in [4.78, 5) is 0. The van der Waals surface area contributed by atoms with Gasteiger partial charge >= 0.3 is 0 Å². The number of hydrogen-bond acceptors (Lipinski definition) is 1. The van der Waals surface area contributed by atoms with Crippen LogP contribution in [0.3, 0.4) is 0 Å². The van der Waals surface area contributed by atoms with Gasteiger partial charge in [0.05, 0.1) is 4.47 Å². The van der Waals surface area contributed by atoms with Gasteiger partial charge in [-0.1, -0.05) is 6.92 Å². The summed E-state index contributed by atoms with van der Waals surface area (Å²) >= 11 is 3.06. The Bertz CT molecular complexity index is 389. The van der Waals surface area contributed by atoms with Gasteiger partial charge in [-0.25, -0.2) is 8.78 Å². The molecule has 1 aliphatic rings. The van der Waals surface area contributed by atoms with Crippen LogP contribution in [0.15, 0.2) is 16.6 Å². The van der Waals surface area contributed by atoms with Gasteiger partial charge in [0.2, 0.25) is 0 Å². The van der Waals surface area contributed by atoms with Gasteiger partial charge in [0.15, 0.2) is 0 Å². The molecular formula is C12H14BrF2N. The van der Waals surface area contributed by atoms with Gasteiger partial charge in [0, 0.05) is 18.2 Å². The molecule has 0 heterocycles. The van der Waals surface area contributed by atoms with Crippen molar-refractivity contribution in [3.63, 3.8) is 0 Å². The van der Waals surface area contributed by atoms with Crippen LogP contribution in [0, 0.1) is 17.6 Å². The molecule has 4 heteroatoms. The smallest absolute Gasteiger partial charge is 0.144 e. The highest BCUT2D eigenvalue weighted by atomic mass is 79.9. The van der Waals surface area contributed by atoms with E-state index in [1.165, 1.54) is 12.1 Å². The first-order valence-electron chi connectivity index (χ1n) is 5.43. The molecule has 88 valence electrons. The Morgan fingerprint density at radius 1 is 1.38 bits per heavy atom. The van der Waals surface area contributed by atoms with E-state index in [0.29, 0.717) is 10.5 Å². The van der Waals surface area contributed by atoms with Crippen LogP contribution in [0.2, 0.25) is 0 Å². The van der Waals surface area contributed by atoms with E-state index < -0.39 is 11.6 Å². The second-order valence-electron chi connectivity index (χ2n) is 4.48. The predicted molar refractivity (Wildman–Crippen MR) is 63.1 cm³/mol. The first kappa shape index (κ1) is 12.0. The van der Waals surface area contributed by atoms with Crippen LogP contribution < -0.4 is 5.32 Å². The van der Waals surface area contributed by atoms with Crippen molar-refractivity contribution in [2.75, 3.05) is 0 Å². The van der Waals surface area contributed by atoms with E-state index >= 15 is 0 Å². The zero-order valence-electron chi connectivity index (χ0n) is 9.06. The molecule has 0 radical (unpaired) electrons. The zero-order valence-corrected chi connectivity index (χ0v) is 10.7. The van der Waals surface area contributed by atoms with Crippen molar-refractivity contribution in [2.24, 2.45) is 5.92 Å². The van der Waals surface area contributed by atoms with Crippen LogP contribution in [-0.4, -0.2) is 6.04 Å². The van der Waals surface area contributed by atoms with Crippen LogP contribution >= 0.6 is 15.9 Å². The first-order valence-corrected chi connectivity index (χ1v) is 6.23. The highest BCUT2D eigenvalue weighted by molar-refractivity contribution is 9.10. The minimum Gasteiger partial charge on any atom is -0.310 e. The predicted octanol–water partition coefficient (Wildman–Crippen LogP) is 3.62. The zero-order chi connectivity index (χ0) is 11.7. The normalized spacial score (nSPS) is 24.2. The summed E-state index contributed by atoms with van der Waals surface area (Å²) < 4.78 is 27.3. The molecule has 0 bridgehead atoms. The molecule has 0 aliphatic heterocycles. The second kappa shape index (κ2) is 4.80. The molecule has 1 N–H and O–H groups in total. The lowest BCUT2D eigenvalue weighted by molar-refractivity contribution is 0.238. The summed E-state index contributed by atoms with van der Waals surface area (Å²) in [7, 11) is 0. The SMILES string of the molecule is CC1CC(NCc2c(F)ccc(Br)c2F)C1. The maximum Gasteiger partial charge on any atom is 0.144 e. The van der Waals surface area contributed by atoms with Crippen LogP contribution in [-0.2, 0) is 6.54 Å². The topological polar surface area (TPSA) is 12.0 Å². The van der Waals surface area contributed by atoms with Crippen molar-refractivity contribution >= 4 is 15.9 Å². The molecule has 0 saturated heterocycles. The van der Waals surface area contributed by atoms with E-state index in [9.17, 15) is 8.78 Å². The van der Waals surface area contributed by atoms with Gasteiger partial charge in [0.1, 0.15) is 11.6 Å². The maximum atomic E-state index is 13.6. The van der Waals surface area contributed by atoms with E-state index in [1.54, 1.807) is 0 Å². The quantitative estimate of drug-likeness (QED) is 0.838. The molecule has 0 aromatic heterocycles. The Morgan fingerprint density at radius 2 is 2.06 bits per heavy atom. The molecule has 2 rings (SSSR count). The maximum absolute atomic E-state index is 13.6. The Balaban J connectivity index is 2.01. The van der Waals surface area contributed by atoms with Crippen molar-refractivity contribution in [2.45, 2.75) is 32.4 Å². The third kappa shape index (κ3) is 2.43. The molecule has 1 saturated carbocycles. The third-order valence-corrected chi connectivity index (χ3v) is 3.69. The van der Waals surface area contributed by atoms with Crippen LogP contribution in [0.5, 0.6) is 0 Å². The Labute approximate surface area is 102 Å². The molecular weight excluding hydrogens is 276 g/mol. The highest BCUT2D eigenvalue weighted by Crippen LogP contribution is 2.27. The van der Waals surface area contributed by atoms with Gasteiger partial charge < -0.3 is 5.32 Å². The van der Waals surface area contributed by atoms with Gasteiger partial charge in [-0.05, 0) is 46.8 Å². The van der Waals surface area contributed by atoms with E-state index in [-0.39, 0.29) is 12.1 Å². The molecule has 1 nitrogen and oxygen atoms in total. The van der Waals surface area contributed by atoms with Crippen molar-refractivity contribution < 1.29 is 8.78 Å². The number of hydrogen-bond donors (Lipinski definition) is 1. The Morgan fingerprint density at radius 3 is 2.69 bits per heavy atom. The number of rotatable bonds is 3. The second-order valence-corrected chi connectivity index (χ2v) is 5.33. The summed E-state index contributed by atoms with van der Waals surface area (Å²) in [6.45, 7) is 2.44. The molecule has 0 spiro atoms. The lowest BCUT2D eigenvalue weighted by Crippen LogP contribution is -2.39. The van der Waals surface area contributed by atoms with Crippen molar-refractivity contribution in [1.29, 1.82) is 0 Å². The molecule has 1 aromatic rings. The monoisotopic (exact) mass is 289 g/mol. The summed E-state index contributed by atoms with van der Waals surface area (Å²) in [5.74, 6) is -0.254. The average molecular weight is 290 g/mol. The Hall–Kier alpha value is -0.480. The van der Waals surface area contributed by atoms with Gasteiger partial charge in [0.25, 0.3) is 0 Å². The summed E-state index contributed by atoms with van der Waals surface area (Å²) in [5.41, 5.74) is 0.119. The Kier molecular flexibility index (Phi) is 3.60. The molecule has 1 aliphatic carbocycles. The molecule has 0 amide bonds. The number of benzene rings is 1. The largest absolute Gasteiger partial charge is 0.310 e. The minimum atomic E-state index is -0.500. The van der Waals surface area contributed by atoms with Crippen molar-refractivity contribution in [1.82, 2.24) is 5.32 Å². The van der Waals surface area contributed by atoms with E-state index in [0.717, 1.165) is 18.8 Å². The molecule has 1 aromatic carbocycles. The van der Waals surface area contributed by atoms with Gasteiger partial charge in [-0.2, -0.15) is 0 Å². The average Bonchev–Trinajstić information content (AvgIpc) is 2.21. The first-order chi connectivity index (χ1) is 7.58. The minimum absolute atomic E-state index is 0.119. The van der Waals surface area contributed by atoms with Gasteiger partial charge in [-0.15, -0.1) is 0 Å². The van der Waals surface area contributed by atoms with E-state index in [2.05, 4.69) is 28.2 Å². The lowest BCUT2D eigenvalue weighted by Gasteiger charge is -2.33. The molecule has 16 heavy (non-hydrogen) atoms. The molecule has 0 atom stereocenters. The van der Waals surface area contributed by atoms with Crippen LogP contribution in [0.1, 0.15) is 25.3 Å². The standard InChI is InChI=1S/C12H14BrF2N/c1-7-4-8(5-7)16-6-9-11(14)3-2-10(13)12(9)15/h2-3,7-8,16H,4-6H2,1H3. The fourth-order valence-electron chi connectivity index (χ4n) is 2.05. The molecule has 1 fully saturated rings.